The SMILES string of the molecule is CCCN(c1cc(Cl)ccc1C(N)=O)C1CCC(N)CC1. The van der Waals surface area contributed by atoms with Gasteiger partial charge in [-0.3, -0.25) is 4.79 Å². The molecular formula is C16H24ClN3O. The fourth-order valence-electron chi connectivity index (χ4n) is 3.10. The topological polar surface area (TPSA) is 72.3 Å². The van der Waals surface area contributed by atoms with Crippen LogP contribution in [0.1, 0.15) is 49.4 Å². The van der Waals surface area contributed by atoms with Crippen LogP contribution >= 0.6 is 11.6 Å². The van der Waals surface area contributed by atoms with E-state index in [9.17, 15) is 4.79 Å². The Bertz CT molecular complexity index is 498. The van der Waals surface area contributed by atoms with Gasteiger partial charge in [-0.25, -0.2) is 0 Å². The van der Waals surface area contributed by atoms with Crippen molar-refractivity contribution in [3.63, 3.8) is 0 Å². The van der Waals surface area contributed by atoms with E-state index in [-0.39, 0.29) is 0 Å². The molecule has 0 radical (unpaired) electrons. The van der Waals surface area contributed by atoms with E-state index < -0.39 is 5.91 Å². The fourth-order valence-corrected chi connectivity index (χ4v) is 3.27. The molecule has 0 unspecified atom stereocenters. The van der Waals surface area contributed by atoms with Crippen LogP contribution in [0.5, 0.6) is 0 Å². The number of anilines is 1. The van der Waals surface area contributed by atoms with Gasteiger partial charge in [-0.1, -0.05) is 18.5 Å². The molecule has 1 aliphatic rings. The quantitative estimate of drug-likeness (QED) is 0.878. The largest absolute Gasteiger partial charge is 0.368 e. The van der Waals surface area contributed by atoms with Gasteiger partial charge < -0.3 is 16.4 Å². The molecule has 4 nitrogen and oxygen atoms in total. The van der Waals surface area contributed by atoms with E-state index in [4.69, 9.17) is 23.1 Å². The third-order valence-electron chi connectivity index (χ3n) is 4.18. The molecule has 0 aromatic heterocycles. The molecule has 0 bridgehead atoms. The lowest BCUT2D eigenvalue weighted by Gasteiger charge is -2.38. The van der Waals surface area contributed by atoms with Crippen molar-refractivity contribution in [3.8, 4) is 0 Å². The standard InChI is InChI=1S/C16H24ClN3O/c1-2-9-20(13-6-4-12(18)5-7-13)15-10-11(17)3-8-14(15)16(19)21/h3,8,10,12-13H,2,4-7,9,18H2,1H3,(H2,19,21). The van der Waals surface area contributed by atoms with Crippen LogP contribution < -0.4 is 16.4 Å². The van der Waals surface area contributed by atoms with Gasteiger partial charge in [0.15, 0.2) is 0 Å². The van der Waals surface area contributed by atoms with Crippen LogP contribution in [0.25, 0.3) is 0 Å². The number of halogens is 1. The summed E-state index contributed by atoms with van der Waals surface area (Å²) in [6, 6.07) is 6.00. The number of carbonyl (C=O) groups excluding carboxylic acids is 1. The van der Waals surface area contributed by atoms with Crippen LogP contribution in [0.15, 0.2) is 18.2 Å². The first-order valence-electron chi connectivity index (χ1n) is 7.64. The van der Waals surface area contributed by atoms with Crippen molar-refractivity contribution in [2.45, 2.75) is 51.1 Å². The Balaban J connectivity index is 2.33. The Morgan fingerprint density at radius 3 is 2.57 bits per heavy atom. The number of nitrogens with two attached hydrogens (primary N) is 2. The Labute approximate surface area is 131 Å². The van der Waals surface area contributed by atoms with Crippen molar-refractivity contribution in [2.24, 2.45) is 11.5 Å². The minimum atomic E-state index is -0.407. The molecule has 1 fully saturated rings. The maximum atomic E-state index is 11.7. The monoisotopic (exact) mass is 309 g/mol. The lowest BCUT2D eigenvalue weighted by molar-refractivity contribution is 0.100. The highest BCUT2D eigenvalue weighted by Gasteiger charge is 2.26. The molecule has 0 spiro atoms. The summed E-state index contributed by atoms with van der Waals surface area (Å²) in [5.41, 5.74) is 12.9. The highest BCUT2D eigenvalue weighted by Crippen LogP contribution is 2.31. The van der Waals surface area contributed by atoms with Gasteiger partial charge in [-0.05, 0) is 50.3 Å². The van der Waals surface area contributed by atoms with E-state index in [0.29, 0.717) is 22.7 Å². The van der Waals surface area contributed by atoms with Gasteiger partial charge in [0.05, 0.1) is 11.3 Å². The van der Waals surface area contributed by atoms with E-state index in [0.717, 1.165) is 44.3 Å². The van der Waals surface area contributed by atoms with Crippen molar-refractivity contribution in [3.05, 3.63) is 28.8 Å². The second-order valence-electron chi connectivity index (χ2n) is 5.79. The Morgan fingerprint density at radius 2 is 2.00 bits per heavy atom. The lowest BCUT2D eigenvalue weighted by atomic mass is 9.90. The molecule has 1 aromatic rings. The molecular weight excluding hydrogens is 286 g/mol. The van der Waals surface area contributed by atoms with Crippen LogP contribution in [0.2, 0.25) is 5.02 Å². The molecule has 0 atom stereocenters. The van der Waals surface area contributed by atoms with Gasteiger partial charge in [0.1, 0.15) is 0 Å². The number of benzene rings is 1. The van der Waals surface area contributed by atoms with Crippen molar-refractivity contribution in [2.75, 3.05) is 11.4 Å². The summed E-state index contributed by atoms with van der Waals surface area (Å²) in [6.45, 7) is 3.02. The zero-order chi connectivity index (χ0) is 15.4. The molecule has 1 aromatic carbocycles. The summed E-state index contributed by atoms with van der Waals surface area (Å²) in [5, 5.41) is 0.628. The molecule has 0 heterocycles. The zero-order valence-electron chi connectivity index (χ0n) is 12.5. The molecule has 5 heteroatoms. The van der Waals surface area contributed by atoms with Crippen LogP contribution in [-0.2, 0) is 0 Å². The second kappa shape index (κ2) is 7.14. The number of nitrogens with zero attached hydrogens (tertiary/aromatic N) is 1. The van der Waals surface area contributed by atoms with Crippen molar-refractivity contribution < 1.29 is 4.79 Å². The molecule has 4 N–H and O–H groups in total. The Hall–Kier alpha value is -1.26. The third kappa shape index (κ3) is 3.89. The van der Waals surface area contributed by atoms with E-state index in [2.05, 4.69) is 11.8 Å². The summed E-state index contributed by atoms with van der Waals surface area (Å²) in [7, 11) is 0. The maximum Gasteiger partial charge on any atom is 0.250 e. The van der Waals surface area contributed by atoms with Crippen molar-refractivity contribution >= 4 is 23.2 Å². The summed E-state index contributed by atoms with van der Waals surface area (Å²) < 4.78 is 0. The average molecular weight is 310 g/mol. The first kappa shape index (κ1) is 16.1. The van der Waals surface area contributed by atoms with Crippen LogP contribution in [0.4, 0.5) is 5.69 Å². The van der Waals surface area contributed by atoms with E-state index in [1.165, 1.54) is 0 Å². The smallest absolute Gasteiger partial charge is 0.250 e. The van der Waals surface area contributed by atoms with Gasteiger partial charge in [-0.15, -0.1) is 0 Å². The van der Waals surface area contributed by atoms with Crippen LogP contribution in [0, 0.1) is 0 Å². The minimum Gasteiger partial charge on any atom is -0.368 e. The molecule has 1 aliphatic carbocycles. The summed E-state index contributed by atoms with van der Waals surface area (Å²) in [5.74, 6) is -0.407. The molecule has 1 amide bonds. The molecule has 21 heavy (non-hydrogen) atoms. The number of rotatable bonds is 5. The highest BCUT2D eigenvalue weighted by molar-refractivity contribution is 6.31. The number of hydrogen-bond acceptors (Lipinski definition) is 3. The zero-order valence-corrected chi connectivity index (χ0v) is 13.3. The van der Waals surface area contributed by atoms with Gasteiger partial charge in [0, 0.05) is 23.7 Å². The molecule has 2 rings (SSSR count). The fraction of sp³-hybridized carbons (Fsp3) is 0.562. The number of primary amides is 1. The van der Waals surface area contributed by atoms with Gasteiger partial charge in [-0.2, -0.15) is 0 Å². The van der Waals surface area contributed by atoms with Gasteiger partial charge in [0.25, 0.3) is 5.91 Å². The van der Waals surface area contributed by atoms with Crippen LogP contribution in [0.3, 0.4) is 0 Å². The van der Waals surface area contributed by atoms with Gasteiger partial charge in [0.2, 0.25) is 0 Å². The van der Waals surface area contributed by atoms with Crippen molar-refractivity contribution in [1.29, 1.82) is 0 Å². The van der Waals surface area contributed by atoms with Crippen LogP contribution in [-0.4, -0.2) is 24.5 Å². The van der Waals surface area contributed by atoms with Gasteiger partial charge >= 0.3 is 0 Å². The average Bonchev–Trinajstić information content (AvgIpc) is 2.45. The summed E-state index contributed by atoms with van der Waals surface area (Å²) in [6.07, 6.45) is 5.15. The highest BCUT2D eigenvalue weighted by atomic mass is 35.5. The maximum absolute atomic E-state index is 11.7. The lowest BCUT2D eigenvalue weighted by Crippen LogP contribution is -2.42. The minimum absolute atomic E-state index is 0.305. The number of amides is 1. The molecule has 116 valence electrons. The predicted octanol–water partition coefficient (Wildman–Crippen LogP) is 2.93. The summed E-state index contributed by atoms with van der Waals surface area (Å²) >= 11 is 6.13. The summed E-state index contributed by atoms with van der Waals surface area (Å²) in [4.78, 5) is 14.0. The first-order chi connectivity index (χ1) is 10.0. The van der Waals surface area contributed by atoms with E-state index in [1.54, 1.807) is 12.1 Å². The molecule has 1 saturated carbocycles. The Kier molecular flexibility index (Phi) is 5.48. The third-order valence-corrected chi connectivity index (χ3v) is 4.42. The normalized spacial score (nSPS) is 22.0. The second-order valence-corrected chi connectivity index (χ2v) is 6.22. The number of carbonyl (C=O) groups is 1. The molecule has 0 saturated heterocycles. The molecule has 0 aliphatic heterocycles. The van der Waals surface area contributed by atoms with E-state index in [1.807, 2.05) is 6.07 Å². The first-order valence-corrected chi connectivity index (χ1v) is 8.02. The predicted molar refractivity (Wildman–Crippen MR) is 87.8 cm³/mol. The van der Waals surface area contributed by atoms with Crippen molar-refractivity contribution in [1.82, 2.24) is 0 Å². The Morgan fingerprint density at radius 1 is 1.33 bits per heavy atom. The number of hydrogen-bond donors (Lipinski definition) is 2. The van der Waals surface area contributed by atoms with E-state index >= 15 is 0 Å².